The number of anilines is 3. The van der Waals surface area contributed by atoms with E-state index >= 15 is 0 Å². The second-order valence-electron chi connectivity index (χ2n) is 12.8. The van der Waals surface area contributed by atoms with Crippen LogP contribution < -0.4 is 4.90 Å². The van der Waals surface area contributed by atoms with Gasteiger partial charge >= 0.3 is 0 Å². The fraction of sp³-hybridized carbons (Fsp3) is 0. The van der Waals surface area contributed by atoms with E-state index in [9.17, 15) is 0 Å². The molecule has 0 saturated heterocycles. The molecular weight excluding hydrogens is 657 g/mol. The highest BCUT2D eigenvalue weighted by molar-refractivity contribution is 7.28. The van der Waals surface area contributed by atoms with Crippen molar-refractivity contribution in [3.05, 3.63) is 182 Å². The molecule has 0 aliphatic rings. The Morgan fingerprint density at radius 3 is 1.86 bits per heavy atom. The van der Waals surface area contributed by atoms with E-state index in [2.05, 4.69) is 187 Å². The monoisotopic (exact) mass is 686 g/mol. The SMILES string of the molecule is c1ccc(-c2cccc(N(c3ccc(-c4ccc5ccccc5c4)cc3)c3ccc4c(c3)sc3ccc5nc(-c6ccccc6)sc5c34)c2)cc1. The first-order valence-electron chi connectivity index (χ1n) is 17.1. The van der Waals surface area contributed by atoms with Crippen molar-refractivity contribution in [3.8, 4) is 32.8 Å². The predicted molar refractivity (Wildman–Crippen MR) is 221 cm³/mol. The highest BCUT2D eigenvalue weighted by Gasteiger charge is 2.18. The summed E-state index contributed by atoms with van der Waals surface area (Å²) >= 11 is 3.64. The summed E-state index contributed by atoms with van der Waals surface area (Å²) in [5.74, 6) is 0. The zero-order valence-corrected chi connectivity index (χ0v) is 29.2. The molecule has 0 N–H and O–H groups in total. The number of aromatic nitrogens is 1. The molecule has 240 valence electrons. The molecule has 0 aliphatic heterocycles. The third-order valence-electron chi connectivity index (χ3n) is 9.67. The summed E-state index contributed by atoms with van der Waals surface area (Å²) in [5, 5.41) is 6.15. The van der Waals surface area contributed by atoms with E-state index in [1.165, 1.54) is 57.9 Å². The van der Waals surface area contributed by atoms with Crippen molar-refractivity contribution < 1.29 is 0 Å². The van der Waals surface area contributed by atoms with Crippen molar-refractivity contribution in [1.29, 1.82) is 0 Å². The maximum absolute atomic E-state index is 5.04. The molecule has 0 spiro atoms. The van der Waals surface area contributed by atoms with E-state index < -0.39 is 0 Å². The Bertz CT molecular complexity index is 2850. The van der Waals surface area contributed by atoms with Gasteiger partial charge in [0, 0.05) is 42.8 Å². The lowest BCUT2D eigenvalue weighted by Crippen LogP contribution is -2.09. The van der Waals surface area contributed by atoms with Crippen molar-refractivity contribution in [2.24, 2.45) is 0 Å². The second kappa shape index (κ2) is 12.4. The van der Waals surface area contributed by atoms with Crippen LogP contribution in [0.5, 0.6) is 0 Å². The molecule has 10 rings (SSSR count). The number of hydrogen-bond acceptors (Lipinski definition) is 4. The minimum atomic E-state index is 1.06. The lowest BCUT2D eigenvalue weighted by atomic mass is 10.0. The van der Waals surface area contributed by atoms with Crippen LogP contribution in [0.4, 0.5) is 17.1 Å². The first kappa shape index (κ1) is 29.8. The van der Waals surface area contributed by atoms with Gasteiger partial charge in [-0.15, -0.1) is 22.7 Å². The van der Waals surface area contributed by atoms with Gasteiger partial charge in [-0.25, -0.2) is 4.98 Å². The molecule has 0 saturated carbocycles. The lowest BCUT2D eigenvalue weighted by Gasteiger charge is -2.26. The van der Waals surface area contributed by atoms with Gasteiger partial charge in [0.25, 0.3) is 0 Å². The van der Waals surface area contributed by atoms with Crippen LogP contribution in [0.3, 0.4) is 0 Å². The first-order chi connectivity index (χ1) is 25.2. The predicted octanol–water partition coefficient (Wildman–Crippen LogP) is 14.3. The van der Waals surface area contributed by atoms with E-state index in [0.29, 0.717) is 0 Å². The average Bonchev–Trinajstić information content (AvgIpc) is 3.80. The molecule has 4 heteroatoms. The summed E-state index contributed by atoms with van der Waals surface area (Å²) < 4.78 is 3.80. The van der Waals surface area contributed by atoms with Crippen LogP contribution in [0.2, 0.25) is 0 Å². The second-order valence-corrected chi connectivity index (χ2v) is 14.9. The van der Waals surface area contributed by atoms with Gasteiger partial charge < -0.3 is 4.90 Å². The maximum Gasteiger partial charge on any atom is 0.124 e. The summed E-state index contributed by atoms with van der Waals surface area (Å²) in [4.78, 5) is 7.42. The van der Waals surface area contributed by atoms with Gasteiger partial charge in [-0.1, -0.05) is 127 Å². The van der Waals surface area contributed by atoms with E-state index in [1.807, 2.05) is 11.3 Å². The number of nitrogens with zero attached hydrogens (tertiary/aromatic N) is 2. The van der Waals surface area contributed by atoms with E-state index in [0.717, 1.165) is 33.1 Å². The Hall–Kier alpha value is -6.07. The molecule has 0 atom stereocenters. The topological polar surface area (TPSA) is 16.1 Å². The van der Waals surface area contributed by atoms with Gasteiger partial charge in [0.2, 0.25) is 0 Å². The summed E-state index contributed by atoms with van der Waals surface area (Å²) in [7, 11) is 0. The van der Waals surface area contributed by atoms with Crippen molar-refractivity contribution in [2.75, 3.05) is 4.90 Å². The van der Waals surface area contributed by atoms with Crippen molar-refractivity contribution >= 4 is 80.9 Å². The Morgan fingerprint density at radius 2 is 1.04 bits per heavy atom. The molecule has 0 bridgehead atoms. The standard InChI is InChI=1S/C47H30N2S2/c1-3-10-31(11-4-1)36-16-9-17-39(29-36)49(38-22-20-33(21-23-38)37-19-18-32-12-7-8-15-35(32)28-37)40-24-25-41-44(30-40)50-43-27-26-42-46(45(41)43)51-47(48-42)34-13-5-2-6-14-34/h1-30H. The normalized spacial score (nSPS) is 11.5. The molecule has 10 aromatic rings. The summed E-state index contributed by atoms with van der Waals surface area (Å²) in [6.45, 7) is 0. The van der Waals surface area contributed by atoms with Crippen LogP contribution in [0.1, 0.15) is 0 Å². The number of thiazole rings is 1. The minimum absolute atomic E-state index is 1.06. The number of hydrogen-bond donors (Lipinski definition) is 0. The van der Waals surface area contributed by atoms with Gasteiger partial charge in [0.1, 0.15) is 5.01 Å². The summed E-state index contributed by atoms with van der Waals surface area (Å²) in [6, 6.07) is 65.6. The molecule has 0 unspecified atom stereocenters. The van der Waals surface area contributed by atoms with Crippen LogP contribution in [0, 0.1) is 0 Å². The van der Waals surface area contributed by atoms with Crippen LogP contribution in [-0.2, 0) is 0 Å². The zero-order chi connectivity index (χ0) is 33.7. The third kappa shape index (κ3) is 5.37. The number of fused-ring (bicyclic) bond motifs is 6. The Kier molecular flexibility index (Phi) is 7.23. The molecule has 2 aromatic heterocycles. The van der Waals surface area contributed by atoms with E-state index in [-0.39, 0.29) is 0 Å². The van der Waals surface area contributed by atoms with Crippen LogP contribution in [-0.4, -0.2) is 4.98 Å². The Morgan fingerprint density at radius 1 is 0.392 bits per heavy atom. The lowest BCUT2D eigenvalue weighted by molar-refractivity contribution is 1.29. The van der Waals surface area contributed by atoms with Crippen LogP contribution in [0.15, 0.2) is 182 Å². The Balaban J connectivity index is 1.10. The molecular formula is C47H30N2S2. The number of rotatable bonds is 6. The van der Waals surface area contributed by atoms with E-state index in [4.69, 9.17) is 4.98 Å². The van der Waals surface area contributed by atoms with Crippen molar-refractivity contribution in [2.45, 2.75) is 0 Å². The van der Waals surface area contributed by atoms with E-state index in [1.54, 1.807) is 11.3 Å². The molecule has 2 heterocycles. The highest BCUT2D eigenvalue weighted by Crippen LogP contribution is 2.45. The summed E-state index contributed by atoms with van der Waals surface area (Å²) in [6.07, 6.45) is 0. The minimum Gasteiger partial charge on any atom is -0.310 e. The van der Waals surface area contributed by atoms with Crippen molar-refractivity contribution in [1.82, 2.24) is 4.98 Å². The third-order valence-corrected chi connectivity index (χ3v) is 11.9. The molecule has 0 fully saturated rings. The maximum atomic E-state index is 5.04. The molecule has 8 aromatic carbocycles. The van der Waals surface area contributed by atoms with Gasteiger partial charge in [-0.3, -0.25) is 0 Å². The van der Waals surface area contributed by atoms with Crippen LogP contribution in [0.25, 0.3) is 74.0 Å². The molecule has 0 amide bonds. The molecule has 0 radical (unpaired) electrons. The number of thiophene rings is 1. The first-order valence-corrected chi connectivity index (χ1v) is 18.7. The van der Waals surface area contributed by atoms with Crippen LogP contribution >= 0.6 is 22.7 Å². The Labute approximate surface area is 304 Å². The highest BCUT2D eigenvalue weighted by atomic mass is 32.1. The number of benzene rings is 8. The fourth-order valence-corrected chi connectivity index (χ4v) is 9.49. The van der Waals surface area contributed by atoms with Gasteiger partial charge in [0.05, 0.1) is 10.2 Å². The largest absolute Gasteiger partial charge is 0.310 e. The average molecular weight is 687 g/mol. The molecule has 0 aliphatic carbocycles. The quantitative estimate of drug-likeness (QED) is 0.173. The summed E-state index contributed by atoms with van der Waals surface area (Å²) in [5.41, 5.74) is 10.4. The fourth-order valence-electron chi connectivity index (χ4n) is 7.15. The smallest absolute Gasteiger partial charge is 0.124 e. The van der Waals surface area contributed by atoms with Gasteiger partial charge in [-0.2, -0.15) is 0 Å². The molecule has 51 heavy (non-hydrogen) atoms. The molecule has 2 nitrogen and oxygen atoms in total. The zero-order valence-electron chi connectivity index (χ0n) is 27.5. The van der Waals surface area contributed by atoms with Gasteiger partial charge in [-0.05, 0) is 87.6 Å². The van der Waals surface area contributed by atoms with Crippen molar-refractivity contribution in [3.63, 3.8) is 0 Å². The van der Waals surface area contributed by atoms with Gasteiger partial charge in [0.15, 0.2) is 0 Å².